The van der Waals surface area contributed by atoms with Gasteiger partial charge in [-0.3, -0.25) is 0 Å². The lowest BCUT2D eigenvalue weighted by molar-refractivity contribution is 0.0564. The third kappa shape index (κ3) is 3.15. The Hall–Kier alpha value is -0.890. The lowest BCUT2D eigenvalue weighted by Crippen LogP contribution is -2.25. The summed E-state index contributed by atoms with van der Waals surface area (Å²) in [7, 11) is 0. The lowest BCUT2D eigenvalue weighted by atomic mass is 9.94. The van der Waals surface area contributed by atoms with Gasteiger partial charge in [-0.05, 0) is 31.0 Å². The second-order valence-corrected chi connectivity index (χ2v) is 3.66. The second kappa shape index (κ2) is 3.88. The molecule has 13 heavy (non-hydrogen) atoms. The number of benzene rings is 1. The summed E-state index contributed by atoms with van der Waals surface area (Å²) in [6.45, 7) is 3.68. The summed E-state index contributed by atoms with van der Waals surface area (Å²) in [5, 5.41) is 9.75. The van der Waals surface area contributed by atoms with Crippen LogP contribution < -0.4 is 0 Å². The average molecular weight is 182 g/mol. The average Bonchev–Trinajstić information content (AvgIpc) is 2.03. The van der Waals surface area contributed by atoms with Crippen molar-refractivity contribution in [2.45, 2.75) is 32.3 Å². The highest BCUT2D eigenvalue weighted by atomic mass is 19.1. The minimum absolute atomic E-state index is 0.246. The highest BCUT2D eigenvalue weighted by Gasteiger charge is 2.17. The SMILES string of the molecule is CCC(C)(O)Cc1cccc(F)c1. The summed E-state index contributed by atoms with van der Waals surface area (Å²) in [6, 6.07) is 6.36. The van der Waals surface area contributed by atoms with Crippen LogP contribution >= 0.6 is 0 Å². The van der Waals surface area contributed by atoms with E-state index in [2.05, 4.69) is 0 Å². The van der Waals surface area contributed by atoms with Crippen molar-refractivity contribution in [3.63, 3.8) is 0 Å². The van der Waals surface area contributed by atoms with Gasteiger partial charge in [0, 0.05) is 6.42 Å². The summed E-state index contributed by atoms with van der Waals surface area (Å²) < 4.78 is 12.8. The van der Waals surface area contributed by atoms with E-state index in [0.29, 0.717) is 12.8 Å². The van der Waals surface area contributed by atoms with Crippen LogP contribution in [0.5, 0.6) is 0 Å². The first-order valence-corrected chi connectivity index (χ1v) is 4.50. The highest BCUT2D eigenvalue weighted by Crippen LogP contribution is 2.16. The molecule has 0 amide bonds. The number of rotatable bonds is 3. The smallest absolute Gasteiger partial charge is 0.123 e. The van der Waals surface area contributed by atoms with Crippen molar-refractivity contribution in [2.24, 2.45) is 0 Å². The van der Waals surface area contributed by atoms with E-state index in [0.717, 1.165) is 5.56 Å². The second-order valence-electron chi connectivity index (χ2n) is 3.66. The summed E-state index contributed by atoms with van der Waals surface area (Å²) in [6.07, 6.45) is 1.17. The molecule has 0 saturated heterocycles. The Balaban J connectivity index is 2.74. The van der Waals surface area contributed by atoms with E-state index in [1.165, 1.54) is 12.1 Å². The Labute approximate surface area is 78.2 Å². The van der Waals surface area contributed by atoms with Gasteiger partial charge in [0.1, 0.15) is 5.82 Å². The Bertz CT molecular complexity index is 281. The van der Waals surface area contributed by atoms with Crippen LogP contribution in [0.4, 0.5) is 4.39 Å². The molecule has 0 aliphatic rings. The largest absolute Gasteiger partial charge is 0.390 e. The molecule has 0 heterocycles. The van der Waals surface area contributed by atoms with Crippen molar-refractivity contribution >= 4 is 0 Å². The third-order valence-corrected chi connectivity index (χ3v) is 2.24. The Morgan fingerprint density at radius 1 is 1.46 bits per heavy atom. The normalized spacial score (nSPS) is 15.4. The fraction of sp³-hybridized carbons (Fsp3) is 0.455. The van der Waals surface area contributed by atoms with E-state index >= 15 is 0 Å². The van der Waals surface area contributed by atoms with E-state index in [1.54, 1.807) is 13.0 Å². The molecule has 0 bridgehead atoms. The van der Waals surface area contributed by atoms with Crippen molar-refractivity contribution in [2.75, 3.05) is 0 Å². The van der Waals surface area contributed by atoms with E-state index in [4.69, 9.17) is 0 Å². The van der Waals surface area contributed by atoms with Crippen LogP contribution in [-0.2, 0) is 6.42 Å². The maximum Gasteiger partial charge on any atom is 0.123 e. The zero-order valence-electron chi connectivity index (χ0n) is 8.05. The number of halogens is 1. The fourth-order valence-electron chi connectivity index (χ4n) is 1.21. The summed E-state index contributed by atoms with van der Waals surface area (Å²) in [5.41, 5.74) is 0.111. The Kier molecular flexibility index (Phi) is 3.04. The van der Waals surface area contributed by atoms with E-state index < -0.39 is 5.60 Å². The van der Waals surface area contributed by atoms with Gasteiger partial charge in [0.05, 0.1) is 5.60 Å². The molecule has 0 aliphatic carbocycles. The minimum atomic E-state index is -0.728. The van der Waals surface area contributed by atoms with Gasteiger partial charge in [0.25, 0.3) is 0 Å². The van der Waals surface area contributed by atoms with Crippen molar-refractivity contribution in [1.82, 2.24) is 0 Å². The molecule has 1 unspecified atom stereocenters. The van der Waals surface area contributed by atoms with Gasteiger partial charge in [0.2, 0.25) is 0 Å². The molecule has 1 rings (SSSR count). The third-order valence-electron chi connectivity index (χ3n) is 2.24. The van der Waals surface area contributed by atoms with Gasteiger partial charge < -0.3 is 5.11 Å². The van der Waals surface area contributed by atoms with Crippen molar-refractivity contribution in [3.8, 4) is 0 Å². The minimum Gasteiger partial charge on any atom is -0.390 e. The van der Waals surface area contributed by atoms with E-state index in [9.17, 15) is 9.50 Å². The molecule has 0 aromatic heterocycles. The van der Waals surface area contributed by atoms with Crippen LogP contribution in [-0.4, -0.2) is 10.7 Å². The van der Waals surface area contributed by atoms with Gasteiger partial charge in [-0.15, -0.1) is 0 Å². The zero-order valence-corrected chi connectivity index (χ0v) is 8.05. The van der Waals surface area contributed by atoms with Gasteiger partial charge in [-0.1, -0.05) is 19.1 Å². The molecule has 1 aromatic rings. The molecule has 0 spiro atoms. The van der Waals surface area contributed by atoms with Crippen LogP contribution in [0.25, 0.3) is 0 Å². The molecule has 0 radical (unpaired) electrons. The van der Waals surface area contributed by atoms with Gasteiger partial charge in [0.15, 0.2) is 0 Å². The van der Waals surface area contributed by atoms with Crippen LogP contribution in [0.3, 0.4) is 0 Å². The molecule has 0 saturated carbocycles. The molecule has 1 atom stereocenters. The maximum atomic E-state index is 12.8. The van der Waals surface area contributed by atoms with Gasteiger partial charge in [-0.25, -0.2) is 4.39 Å². The number of hydrogen-bond donors (Lipinski definition) is 1. The van der Waals surface area contributed by atoms with Crippen LogP contribution in [0.2, 0.25) is 0 Å². The number of aliphatic hydroxyl groups is 1. The van der Waals surface area contributed by atoms with E-state index in [-0.39, 0.29) is 5.82 Å². The summed E-state index contributed by atoms with van der Waals surface area (Å²) >= 11 is 0. The topological polar surface area (TPSA) is 20.2 Å². The standard InChI is InChI=1S/C11H15FO/c1-3-11(2,13)8-9-5-4-6-10(12)7-9/h4-7,13H,3,8H2,1-2H3. The summed E-state index contributed by atoms with van der Waals surface area (Å²) in [4.78, 5) is 0. The van der Waals surface area contributed by atoms with Crippen LogP contribution in [0.15, 0.2) is 24.3 Å². The lowest BCUT2D eigenvalue weighted by Gasteiger charge is -2.20. The maximum absolute atomic E-state index is 12.8. The molecular weight excluding hydrogens is 167 g/mol. The predicted molar refractivity (Wildman–Crippen MR) is 51.0 cm³/mol. The first-order chi connectivity index (χ1) is 6.03. The molecule has 1 nitrogen and oxygen atoms in total. The highest BCUT2D eigenvalue weighted by molar-refractivity contribution is 5.18. The predicted octanol–water partition coefficient (Wildman–Crippen LogP) is 2.53. The Morgan fingerprint density at radius 2 is 2.15 bits per heavy atom. The molecule has 1 aromatic carbocycles. The Morgan fingerprint density at radius 3 is 2.69 bits per heavy atom. The van der Waals surface area contributed by atoms with Crippen molar-refractivity contribution in [3.05, 3.63) is 35.6 Å². The van der Waals surface area contributed by atoms with Gasteiger partial charge in [-0.2, -0.15) is 0 Å². The molecule has 2 heteroatoms. The molecular formula is C11H15FO. The molecule has 0 aliphatic heterocycles. The summed E-state index contributed by atoms with van der Waals surface area (Å²) in [5.74, 6) is -0.246. The number of hydrogen-bond acceptors (Lipinski definition) is 1. The fourth-order valence-corrected chi connectivity index (χ4v) is 1.21. The van der Waals surface area contributed by atoms with Crippen LogP contribution in [0, 0.1) is 5.82 Å². The monoisotopic (exact) mass is 182 g/mol. The zero-order chi connectivity index (χ0) is 9.90. The van der Waals surface area contributed by atoms with Crippen LogP contribution in [0.1, 0.15) is 25.8 Å². The quantitative estimate of drug-likeness (QED) is 0.761. The van der Waals surface area contributed by atoms with E-state index in [1.807, 2.05) is 13.0 Å². The molecule has 0 fully saturated rings. The molecule has 1 N–H and O–H groups in total. The first-order valence-electron chi connectivity index (χ1n) is 4.50. The van der Waals surface area contributed by atoms with Crippen molar-refractivity contribution in [1.29, 1.82) is 0 Å². The molecule has 72 valence electrons. The first kappa shape index (κ1) is 10.2. The van der Waals surface area contributed by atoms with Gasteiger partial charge >= 0.3 is 0 Å². The van der Waals surface area contributed by atoms with Crippen molar-refractivity contribution < 1.29 is 9.50 Å².